The Morgan fingerprint density at radius 3 is 2.07 bits per heavy atom. The van der Waals surface area contributed by atoms with Gasteiger partial charge in [-0.3, -0.25) is 0 Å². The minimum Gasteiger partial charge on any atom is -0.394 e. The molecular formula is C22H42O5. The average Bonchev–Trinajstić information content (AvgIpc) is 3.04. The molecule has 0 radical (unpaired) electrons. The minimum absolute atomic E-state index is 0.276. The number of hydrogen-bond acceptors (Lipinski definition) is 5. The first kappa shape index (κ1) is 24.6. The van der Waals surface area contributed by atoms with Gasteiger partial charge in [0, 0.05) is 6.61 Å². The van der Waals surface area contributed by atoms with Gasteiger partial charge in [0.25, 0.3) is 0 Å². The molecule has 5 heteroatoms. The highest BCUT2D eigenvalue weighted by Crippen LogP contribution is 2.20. The van der Waals surface area contributed by atoms with E-state index in [1.807, 2.05) is 0 Å². The van der Waals surface area contributed by atoms with E-state index in [-0.39, 0.29) is 6.61 Å². The molecule has 1 aliphatic heterocycles. The van der Waals surface area contributed by atoms with Gasteiger partial charge in [-0.25, -0.2) is 0 Å². The lowest BCUT2D eigenvalue weighted by atomic mass is 10.1. The summed E-state index contributed by atoms with van der Waals surface area (Å²) in [6, 6.07) is 0. The topological polar surface area (TPSA) is 79.2 Å². The van der Waals surface area contributed by atoms with Crippen molar-refractivity contribution in [2.24, 2.45) is 0 Å². The molecule has 0 aromatic rings. The van der Waals surface area contributed by atoms with Crippen molar-refractivity contribution in [3.05, 3.63) is 12.2 Å². The highest BCUT2D eigenvalue weighted by molar-refractivity contribution is 4.88. The van der Waals surface area contributed by atoms with Crippen LogP contribution >= 0.6 is 0 Å². The maximum Gasteiger partial charge on any atom is 0.114 e. The normalized spacial score (nSPS) is 24.1. The summed E-state index contributed by atoms with van der Waals surface area (Å²) in [7, 11) is 0. The second-order valence-corrected chi connectivity index (χ2v) is 7.69. The van der Waals surface area contributed by atoms with Crippen LogP contribution in [0.1, 0.15) is 84.0 Å². The van der Waals surface area contributed by atoms with E-state index in [1.165, 1.54) is 64.2 Å². The Morgan fingerprint density at radius 2 is 1.52 bits per heavy atom. The number of ether oxygens (including phenoxy) is 2. The third-order valence-corrected chi connectivity index (χ3v) is 5.32. The number of aliphatic hydroxyl groups excluding tert-OH is 3. The van der Waals surface area contributed by atoms with E-state index in [4.69, 9.17) is 14.6 Å². The van der Waals surface area contributed by atoms with Crippen LogP contribution in [0.25, 0.3) is 0 Å². The summed E-state index contributed by atoms with van der Waals surface area (Å²) in [4.78, 5) is 0. The van der Waals surface area contributed by atoms with Crippen LogP contribution in [0, 0.1) is 0 Å². The molecule has 0 aromatic carbocycles. The highest BCUT2D eigenvalue weighted by atomic mass is 16.6. The molecule has 0 aliphatic carbocycles. The van der Waals surface area contributed by atoms with Crippen LogP contribution in [-0.2, 0) is 9.47 Å². The quantitative estimate of drug-likeness (QED) is 0.262. The zero-order valence-corrected chi connectivity index (χ0v) is 17.2. The van der Waals surface area contributed by atoms with Gasteiger partial charge in [0.2, 0.25) is 0 Å². The molecule has 5 nitrogen and oxygen atoms in total. The summed E-state index contributed by atoms with van der Waals surface area (Å²) in [6.07, 6.45) is 16.7. The predicted octanol–water partition coefficient (Wildman–Crippen LogP) is 3.74. The SMILES string of the molecule is C/C=C/CCCCCCCCCCCCCO[C@H]1CO[C@@H]([C@H](O)CO)[C@H]1O. The lowest BCUT2D eigenvalue weighted by molar-refractivity contribution is -0.0730. The van der Waals surface area contributed by atoms with E-state index >= 15 is 0 Å². The van der Waals surface area contributed by atoms with Gasteiger partial charge in [-0.1, -0.05) is 69.9 Å². The Balaban J connectivity index is 1.83. The number of aliphatic hydroxyl groups is 3. The van der Waals surface area contributed by atoms with Crippen molar-refractivity contribution in [3.63, 3.8) is 0 Å². The number of rotatable bonds is 17. The molecule has 27 heavy (non-hydrogen) atoms. The zero-order chi connectivity index (χ0) is 19.7. The number of allylic oxidation sites excluding steroid dienone is 2. The molecule has 160 valence electrons. The number of hydrogen-bond donors (Lipinski definition) is 3. The molecule has 0 bridgehead atoms. The summed E-state index contributed by atoms with van der Waals surface area (Å²) >= 11 is 0. The summed E-state index contributed by atoms with van der Waals surface area (Å²) in [5.41, 5.74) is 0. The lowest BCUT2D eigenvalue weighted by Crippen LogP contribution is -2.41. The van der Waals surface area contributed by atoms with Crippen molar-refractivity contribution in [1.82, 2.24) is 0 Å². The maximum atomic E-state index is 10.0. The molecule has 1 saturated heterocycles. The molecule has 3 N–H and O–H groups in total. The van der Waals surface area contributed by atoms with Crippen LogP contribution in [0.2, 0.25) is 0 Å². The van der Waals surface area contributed by atoms with E-state index in [0.717, 1.165) is 12.8 Å². The monoisotopic (exact) mass is 386 g/mol. The molecule has 1 fully saturated rings. The average molecular weight is 387 g/mol. The zero-order valence-electron chi connectivity index (χ0n) is 17.2. The smallest absolute Gasteiger partial charge is 0.114 e. The molecule has 0 aromatic heterocycles. The molecule has 0 saturated carbocycles. The summed E-state index contributed by atoms with van der Waals surface area (Å²) < 4.78 is 11.0. The Labute approximate surface area is 165 Å². The maximum absolute atomic E-state index is 10.0. The molecule has 4 atom stereocenters. The van der Waals surface area contributed by atoms with E-state index in [2.05, 4.69) is 19.1 Å². The Hall–Kier alpha value is -0.460. The molecule has 1 aliphatic rings. The van der Waals surface area contributed by atoms with Crippen LogP contribution in [0.15, 0.2) is 12.2 Å². The third kappa shape index (κ3) is 11.2. The van der Waals surface area contributed by atoms with Crippen LogP contribution in [-0.4, -0.2) is 59.6 Å². The van der Waals surface area contributed by atoms with E-state index < -0.39 is 31.0 Å². The third-order valence-electron chi connectivity index (χ3n) is 5.32. The van der Waals surface area contributed by atoms with Crippen LogP contribution in [0.4, 0.5) is 0 Å². The minimum atomic E-state index is -1.05. The molecule has 1 rings (SSSR count). The predicted molar refractivity (Wildman–Crippen MR) is 109 cm³/mol. The van der Waals surface area contributed by atoms with Crippen molar-refractivity contribution in [2.75, 3.05) is 19.8 Å². The Kier molecular flexibility index (Phi) is 15.0. The Morgan fingerprint density at radius 1 is 0.963 bits per heavy atom. The second-order valence-electron chi connectivity index (χ2n) is 7.69. The van der Waals surface area contributed by atoms with E-state index in [9.17, 15) is 10.2 Å². The number of unbranched alkanes of at least 4 members (excludes halogenated alkanes) is 11. The van der Waals surface area contributed by atoms with Gasteiger partial charge in [0.15, 0.2) is 0 Å². The van der Waals surface area contributed by atoms with Crippen molar-refractivity contribution in [3.8, 4) is 0 Å². The van der Waals surface area contributed by atoms with Crippen molar-refractivity contribution in [2.45, 2.75) is 108 Å². The van der Waals surface area contributed by atoms with Crippen molar-refractivity contribution < 1.29 is 24.8 Å². The summed E-state index contributed by atoms with van der Waals surface area (Å²) in [5, 5.41) is 28.5. The fraction of sp³-hybridized carbons (Fsp3) is 0.909. The summed E-state index contributed by atoms with van der Waals surface area (Å²) in [6.45, 7) is 2.56. The standard InChI is InChI=1S/C22H42O5/c1-2-3-4-5-6-7-8-9-10-11-12-13-14-15-16-26-20-18-27-22(21(20)25)19(24)17-23/h2-3,19-25H,4-18H2,1H3/b3-2+/t19-,20+,21+,22+/m1/s1. The van der Waals surface area contributed by atoms with Gasteiger partial charge in [0.1, 0.15) is 24.4 Å². The first-order chi connectivity index (χ1) is 13.2. The van der Waals surface area contributed by atoms with Gasteiger partial charge < -0.3 is 24.8 Å². The van der Waals surface area contributed by atoms with Gasteiger partial charge in [-0.2, -0.15) is 0 Å². The Bertz CT molecular complexity index is 361. The van der Waals surface area contributed by atoms with Crippen molar-refractivity contribution >= 4 is 0 Å². The van der Waals surface area contributed by atoms with Gasteiger partial charge in [-0.05, 0) is 26.2 Å². The van der Waals surface area contributed by atoms with Crippen LogP contribution in [0.3, 0.4) is 0 Å². The molecule has 1 heterocycles. The molecular weight excluding hydrogens is 344 g/mol. The lowest BCUT2D eigenvalue weighted by Gasteiger charge is -2.20. The first-order valence-corrected chi connectivity index (χ1v) is 11.0. The van der Waals surface area contributed by atoms with Gasteiger partial charge in [-0.15, -0.1) is 0 Å². The van der Waals surface area contributed by atoms with Crippen LogP contribution < -0.4 is 0 Å². The fourth-order valence-electron chi connectivity index (χ4n) is 3.56. The van der Waals surface area contributed by atoms with E-state index in [1.54, 1.807) is 0 Å². The fourth-order valence-corrected chi connectivity index (χ4v) is 3.56. The van der Waals surface area contributed by atoms with Crippen molar-refractivity contribution in [1.29, 1.82) is 0 Å². The van der Waals surface area contributed by atoms with E-state index in [0.29, 0.717) is 6.61 Å². The second kappa shape index (κ2) is 16.5. The first-order valence-electron chi connectivity index (χ1n) is 11.0. The van der Waals surface area contributed by atoms with Crippen LogP contribution in [0.5, 0.6) is 0 Å². The highest BCUT2D eigenvalue weighted by Gasteiger charge is 2.40. The largest absolute Gasteiger partial charge is 0.394 e. The summed E-state index contributed by atoms with van der Waals surface area (Å²) in [5.74, 6) is 0. The molecule has 0 amide bonds. The van der Waals surface area contributed by atoms with Gasteiger partial charge >= 0.3 is 0 Å². The molecule has 0 spiro atoms. The van der Waals surface area contributed by atoms with Gasteiger partial charge in [0.05, 0.1) is 13.2 Å². The molecule has 0 unspecified atom stereocenters.